The maximum atomic E-state index is 5.44. The first-order chi connectivity index (χ1) is 6.95. The maximum absolute atomic E-state index is 5.44. The van der Waals surface area contributed by atoms with E-state index >= 15 is 0 Å². The van der Waals surface area contributed by atoms with Gasteiger partial charge in [0.2, 0.25) is 0 Å². The maximum Gasteiger partial charge on any atom is 0.134 e. The van der Waals surface area contributed by atoms with Crippen molar-refractivity contribution in [3.8, 4) is 0 Å². The summed E-state index contributed by atoms with van der Waals surface area (Å²) in [4.78, 5) is 3.59. The second kappa shape index (κ2) is 2.79. The summed E-state index contributed by atoms with van der Waals surface area (Å²) in [5.41, 5.74) is 0. The van der Waals surface area contributed by atoms with Gasteiger partial charge < -0.3 is 4.90 Å². The molecule has 0 aromatic heterocycles. The molecule has 2 aliphatic heterocycles. The number of hydrogen-bond donors (Lipinski definition) is 0. The Balaban J connectivity index is 1.85. The minimum absolute atomic E-state index is 0.646. The molecular formula is C12H20BNS. The van der Waals surface area contributed by atoms with Crippen LogP contribution in [-0.2, 0) is 0 Å². The van der Waals surface area contributed by atoms with Gasteiger partial charge in [0.25, 0.3) is 0 Å². The molecular weight excluding hydrogens is 201 g/mol. The van der Waals surface area contributed by atoms with Gasteiger partial charge in [-0.2, -0.15) is 0 Å². The third kappa shape index (κ3) is 1.25. The fourth-order valence-electron chi connectivity index (χ4n) is 4.21. The van der Waals surface area contributed by atoms with Gasteiger partial charge in [0, 0.05) is 19.5 Å². The van der Waals surface area contributed by atoms with E-state index in [2.05, 4.69) is 25.8 Å². The lowest BCUT2D eigenvalue weighted by Crippen LogP contribution is -2.30. The zero-order valence-corrected chi connectivity index (χ0v) is 10.9. The van der Waals surface area contributed by atoms with E-state index < -0.39 is 0 Å². The van der Waals surface area contributed by atoms with E-state index in [-0.39, 0.29) is 0 Å². The lowest BCUT2D eigenvalue weighted by molar-refractivity contribution is 0.293. The Labute approximate surface area is 98.8 Å². The predicted molar refractivity (Wildman–Crippen MR) is 70.0 cm³/mol. The Morgan fingerprint density at radius 1 is 1.40 bits per heavy atom. The number of thiocarbonyl (C=S) groups is 1. The molecule has 2 saturated heterocycles. The van der Waals surface area contributed by atoms with Crippen molar-refractivity contribution in [1.82, 2.24) is 4.90 Å². The minimum atomic E-state index is 0.646. The van der Waals surface area contributed by atoms with Crippen LogP contribution in [0.15, 0.2) is 0 Å². The molecule has 1 nitrogen and oxygen atoms in total. The van der Waals surface area contributed by atoms with Gasteiger partial charge in [-0.25, -0.2) is 0 Å². The Kier molecular flexibility index (Phi) is 1.89. The zero-order chi connectivity index (χ0) is 10.8. The molecule has 0 aromatic rings. The van der Waals surface area contributed by atoms with Crippen LogP contribution in [0.1, 0.15) is 39.5 Å². The van der Waals surface area contributed by atoms with E-state index in [9.17, 15) is 0 Å². The highest BCUT2D eigenvalue weighted by atomic mass is 32.1. The summed E-state index contributed by atoms with van der Waals surface area (Å²) < 4.78 is 0. The first-order valence-corrected chi connectivity index (χ1v) is 6.62. The van der Waals surface area contributed by atoms with Crippen LogP contribution in [0, 0.1) is 5.92 Å². The Bertz CT molecular complexity index is 332. The standard InChI is InChI=1S/C12H20BNS/c1-11-5-4-9-8(6-10(15)14(9)3)7-12(11,2)13-11/h8-9,13H,4-7H2,1-3H3. The molecule has 2 heterocycles. The van der Waals surface area contributed by atoms with Gasteiger partial charge in [-0.15, -0.1) is 0 Å². The van der Waals surface area contributed by atoms with Crippen LogP contribution in [-0.4, -0.2) is 30.3 Å². The average Bonchev–Trinajstić information content (AvgIpc) is 2.58. The quantitative estimate of drug-likeness (QED) is 0.457. The molecule has 0 radical (unpaired) electrons. The van der Waals surface area contributed by atoms with Crippen LogP contribution < -0.4 is 0 Å². The molecule has 3 aliphatic rings. The highest BCUT2D eigenvalue weighted by molar-refractivity contribution is 7.80. The van der Waals surface area contributed by atoms with E-state index in [4.69, 9.17) is 12.2 Å². The predicted octanol–water partition coefficient (Wildman–Crippen LogP) is 2.63. The average molecular weight is 221 g/mol. The molecule has 1 aliphatic carbocycles. The molecule has 3 rings (SSSR count). The molecule has 3 heteroatoms. The van der Waals surface area contributed by atoms with Crippen molar-refractivity contribution in [2.75, 3.05) is 7.05 Å². The second-order valence-corrected chi connectivity index (χ2v) is 7.05. The van der Waals surface area contributed by atoms with Gasteiger partial charge in [0.15, 0.2) is 0 Å². The topological polar surface area (TPSA) is 3.24 Å². The molecule has 82 valence electrons. The molecule has 4 atom stereocenters. The molecule has 0 spiro atoms. The summed E-state index contributed by atoms with van der Waals surface area (Å²) in [6.45, 7) is 4.99. The van der Waals surface area contributed by atoms with Crippen LogP contribution in [0.25, 0.3) is 0 Å². The van der Waals surface area contributed by atoms with E-state index in [1.807, 2.05) is 0 Å². The van der Waals surface area contributed by atoms with Gasteiger partial charge in [-0.1, -0.05) is 43.1 Å². The smallest absolute Gasteiger partial charge is 0.134 e. The van der Waals surface area contributed by atoms with Crippen molar-refractivity contribution < 1.29 is 0 Å². The highest BCUT2D eigenvalue weighted by Crippen LogP contribution is 2.75. The van der Waals surface area contributed by atoms with Crippen molar-refractivity contribution in [1.29, 1.82) is 0 Å². The summed E-state index contributed by atoms with van der Waals surface area (Å²) in [5.74, 6) is 0.858. The summed E-state index contributed by atoms with van der Waals surface area (Å²) in [5, 5.41) is 1.31. The van der Waals surface area contributed by atoms with Crippen molar-refractivity contribution in [3.05, 3.63) is 0 Å². The zero-order valence-electron chi connectivity index (χ0n) is 10.0. The first kappa shape index (κ1) is 10.1. The fourth-order valence-corrected chi connectivity index (χ4v) is 4.56. The summed E-state index contributed by atoms with van der Waals surface area (Å²) in [7, 11) is 3.66. The molecule has 0 N–H and O–H groups in total. The lowest BCUT2D eigenvalue weighted by Gasteiger charge is -2.25. The number of likely N-dealkylation sites (tertiary alicyclic amines) is 1. The van der Waals surface area contributed by atoms with Crippen molar-refractivity contribution >= 4 is 24.5 Å². The molecule has 0 aromatic carbocycles. The third-order valence-electron chi connectivity index (χ3n) is 5.69. The van der Waals surface area contributed by atoms with Gasteiger partial charge in [-0.05, 0) is 18.8 Å². The van der Waals surface area contributed by atoms with Crippen molar-refractivity contribution in [3.63, 3.8) is 0 Å². The van der Waals surface area contributed by atoms with E-state index in [0.29, 0.717) is 10.6 Å². The lowest BCUT2D eigenvalue weighted by atomic mass is 9.77. The monoisotopic (exact) mass is 221 g/mol. The number of hydrogen-bond acceptors (Lipinski definition) is 1. The Morgan fingerprint density at radius 2 is 2.13 bits per heavy atom. The molecule has 4 unspecified atom stereocenters. The van der Waals surface area contributed by atoms with Crippen molar-refractivity contribution in [2.45, 2.75) is 56.2 Å². The Hall–Kier alpha value is -0.0451. The Morgan fingerprint density at radius 3 is 2.87 bits per heavy atom. The van der Waals surface area contributed by atoms with Crippen LogP contribution in [0.3, 0.4) is 0 Å². The largest absolute Gasteiger partial charge is 0.366 e. The van der Waals surface area contributed by atoms with Gasteiger partial charge in [0.1, 0.15) is 7.28 Å². The summed E-state index contributed by atoms with van der Waals surface area (Å²) >= 11 is 5.44. The molecule has 15 heavy (non-hydrogen) atoms. The first-order valence-electron chi connectivity index (χ1n) is 6.21. The number of rotatable bonds is 0. The summed E-state index contributed by atoms with van der Waals surface area (Å²) in [6, 6.07) is 0.763. The van der Waals surface area contributed by atoms with Gasteiger partial charge >= 0.3 is 0 Å². The van der Waals surface area contributed by atoms with Crippen LogP contribution in [0.4, 0.5) is 0 Å². The molecule has 3 fully saturated rings. The van der Waals surface area contributed by atoms with Crippen LogP contribution >= 0.6 is 12.2 Å². The fraction of sp³-hybridized carbons (Fsp3) is 0.917. The van der Waals surface area contributed by atoms with Gasteiger partial charge in [-0.3, -0.25) is 0 Å². The summed E-state index contributed by atoms with van der Waals surface area (Å²) in [6.07, 6.45) is 5.38. The van der Waals surface area contributed by atoms with Gasteiger partial charge in [0.05, 0.1) is 4.99 Å². The van der Waals surface area contributed by atoms with E-state index in [0.717, 1.165) is 12.0 Å². The van der Waals surface area contributed by atoms with Crippen LogP contribution in [0.5, 0.6) is 0 Å². The van der Waals surface area contributed by atoms with Crippen molar-refractivity contribution in [2.24, 2.45) is 5.92 Å². The van der Waals surface area contributed by atoms with Crippen LogP contribution in [0.2, 0.25) is 10.6 Å². The third-order valence-corrected chi connectivity index (χ3v) is 6.14. The SMILES string of the molecule is CN1C(=S)CC2CC3(C)BC3(C)CCC21. The van der Waals surface area contributed by atoms with E-state index in [1.165, 1.54) is 38.0 Å². The number of fused-ring (bicyclic) bond motifs is 2. The minimum Gasteiger partial charge on any atom is -0.366 e. The second-order valence-electron chi connectivity index (χ2n) is 6.58. The molecule has 0 amide bonds. The van der Waals surface area contributed by atoms with E-state index in [1.54, 1.807) is 0 Å². The normalized spacial score (nSPS) is 53.0. The highest BCUT2D eigenvalue weighted by Gasteiger charge is 2.64. The molecule has 0 bridgehead atoms. The molecule has 1 saturated carbocycles. The number of nitrogens with zero attached hydrogens (tertiary/aromatic N) is 1.